The van der Waals surface area contributed by atoms with Crippen LogP contribution in [0, 0.1) is 13.8 Å². The van der Waals surface area contributed by atoms with Crippen LogP contribution in [0.4, 0.5) is 5.69 Å². The molecule has 0 atom stereocenters. The van der Waals surface area contributed by atoms with Crippen LogP contribution in [0.15, 0.2) is 24.3 Å². The second kappa shape index (κ2) is 7.33. The van der Waals surface area contributed by atoms with Crippen molar-refractivity contribution in [2.45, 2.75) is 20.8 Å². The molecule has 2 heterocycles. The van der Waals surface area contributed by atoms with Gasteiger partial charge in [0.2, 0.25) is 0 Å². The van der Waals surface area contributed by atoms with E-state index in [2.05, 4.69) is 14.8 Å². The number of aromatic amines is 1. The summed E-state index contributed by atoms with van der Waals surface area (Å²) in [4.78, 5) is 31.9. The lowest BCUT2D eigenvalue weighted by molar-refractivity contribution is 0.0921. The Morgan fingerprint density at radius 3 is 2.23 bits per heavy atom. The molecule has 0 bridgehead atoms. The number of anilines is 1. The maximum atomic E-state index is 12.7. The van der Waals surface area contributed by atoms with E-state index < -0.39 is 0 Å². The Bertz CT molecular complexity index is 816. The quantitative estimate of drug-likeness (QED) is 0.806. The van der Waals surface area contributed by atoms with E-state index in [1.165, 1.54) is 6.92 Å². The summed E-state index contributed by atoms with van der Waals surface area (Å²) < 4.78 is 0. The summed E-state index contributed by atoms with van der Waals surface area (Å²) in [5, 5.41) is 9.39. The van der Waals surface area contributed by atoms with Gasteiger partial charge in [0, 0.05) is 43.1 Å². The van der Waals surface area contributed by atoms with Gasteiger partial charge in [-0.15, -0.1) is 0 Å². The number of phenols is 1. The lowest BCUT2D eigenvalue weighted by atomic mass is 10.1. The highest BCUT2D eigenvalue weighted by molar-refractivity contribution is 6.03. The topological polar surface area (TPSA) is 76.6 Å². The second-order valence-corrected chi connectivity index (χ2v) is 6.88. The van der Waals surface area contributed by atoms with Crippen molar-refractivity contribution < 1.29 is 14.7 Å². The number of phenolic OH excluding ortho intramolecular Hbond substituents is 1. The Balaban J connectivity index is 1.61. The van der Waals surface area contributed by atoms with E-state index in [1.54, 1.807) is 12.1 Å². The molecule has 0 spiro atoms. The number of nitrogens with zero attached hydrogens (tertiary/aromatic N) is 2. The number of hydrogen-bond donors (Lipinski definition) is 2. The van der Waals surface area contributed by atoms with Gasteiger partial charge in [-0.25, -0.2) is 0 Å². The minimum atomic E-state index is -0.0159. The number of rotatable bonds is 5. The van der Waals surface area contributed by atoms with Crippen molar-refractivity contribution in [2.24, 2.45) is 0 Å². The van der Waals surface area contributed by atoms with Gasteiger partial charge in [0.1, 0.15) is 5.75 Å². The third-order valence-corrected chi connectivity index (χ3v) is 5.02. The van der Waals surface area contributed by atoms with Crippen LogP contribution in [-0.2, 0) is 0 Å². The fraction of sp³-hybridized carbons (Fsp3) is 0.400. The number of aromatic hydroxyl groups is 1. The molecule has 0 unspecified atom stereocenters. The van der Waals surface area contributed by atoms with Gasteiger partial charge in [0.05, 0.1) is 12.2 Å². The van der Waals surface area contributed by atoms with Gasteiger partial charge >= 0.3 is 0 Å². The van der Waals surface area contributed by atoms with E-state index in [0.717, 1.165) is 43.1 Å². The smallest absolute Gasteiger partial charge is 0.193 e. The molecule has 138 valence electrons. The molecule has 1 aromatic carbocycles. The minimum Gasteiger partial charge on any atom is -0.508 e. The molecule has 0 saturated carbocycles. The van der Waals surface area contributed by atoms with Crippen LogP contribution in [-0.4, -0.2) is 59.3 Å². The van der Waals surface area contributed by atoms with Gasteiger partial charge in [0.15, 0.2) is 11.6 Å². The lowest BCUT2D eigenvalue weighted by Crippen LogP contribution is -2.48. The van der Waals surface area contributed by atoms with Crippen molar-refractivity contribution in [1.29, 1.82) is 0 Å². The second-order valence-electron chi connectivity index (χ2n) is 6.88. The number of aryl methyl sites for hydroxylation is 1. The molecular weight excluding hydrogens is 330 g/mol. The predicted molar refractivity (Wildman–Crippen MR) is 101 cm³/mol. The Labute approximate surface area is 153 Å². The van der Waals surface area contributed by atoms with E-state index in [0.29, 0.717) is 17.8 Å². The van der Waals surface area contributed by atoms with Crippen molar-refractivity contribution in [3.63, 3.8) is 0 Å². The molecule has 26 heavy (non-hydrogen) atoms. The average molecular weight is 355 g/mol. The molecule has 0 aliphatic carbocycles. The number of aromatic nitrogens is 1. The normalized spacial score (nSPS) is 15.3. The molecule has 1 aromatic heterocycles. The van der Waals surface area contributed by atoms with Gasteiger partial charge in [-0.1, -0.05) is 0 Å². The minimum absolute atomic E-state index is 0.0159. The first kappa shape index (κ1) is 18.2. The van der Waals surface area contributed by atoms with E-state index in [4.69, 9.17) is 0 Å². The van der Waals surface area contributed by atoms with Crippen LogP contribution in [0.3, 0.4) is 0 Å². The molecule has 1 fully saturated rings. The highest BCUT2D eigenvalue weighted by Gasteiger charge is 2.23. The zero-order valence-corrected chi connectivity index (χ0v) is 15.5. The van der Waals surface area contributed by atoms with E-state index in [-0.39, 0.29) is 17.3 Å². The summed E-state index contributed by atoms with van der Waals surface area (Å²) in [5.41, 5.74) is 3.77. The summed E-state index contributed by atoms with van der Waals surface area (Å²) in [5.74, 6) is 0.272. The summed E-state index contributed by atoms with van der Waals surface area (Å²) in [6.07, 6.45) is 0. The molecule has 1 aliphatic rings. The fourth-order valence-electron chi connectivity index (χ4n) is 3.67. The van der Waals surface area contributed by atoms with Gasteiger partial charge in [0.25, 0.3) is 0 Å². The highest BCUT2D eigenvalue weighted by Crippen LogP contribution is 2.21. The Morgan fingerprint density at radius 1 is 1.08 bits per heavy atom. The first-order valence-electron chi connectivity index (χ1n) is 8.86. The van der Waals surface area contributed by atoms with Crippen LogP contribution in [0.2, 0.25) is 0 Å². The van der Waals surface area contributed by atoms with Crippen molar-refractivity contribution >= 4 is 17.3 Å². The molecule has 2 N–H and O–H groups in total. The number of nitrogens with one attached hydrogen (secondary N) is 1. The number of H-pyrrole nitrogens is 1. The van der Waals surface area contributed by atoms with Crippen molar-refractivity contribution in [3.8, 4) is 5.75 Å². The number of benzene rings is 1. The molecule has 0 radical (unpaired) electrons. The zero-order chi connectivity index (χ0) is 18.8. The standard InChI is InChI=1S/C20H25N3O3/c1-13-19(15(3)24)14(2)21-20(13)18(26)12-22-8-10-23(11-9-22)16-4-6-17(25)7-5-16/h4-7,21,25H,8-12H2,1-3H3. The molecular formula is C20H25N3O3. The number of carbonyl (C=O) groups excluding carboxylic acids is 2. The summed E-state index contributed by atoms with van der Waals surface area (Å²) >= 11 is 0. The highest BCUT2D eigenvalue weighted by atomic mass is 16.3. The maximum Gasteiger partial charge on any atom is 0.193 e. The average Bonchev–Trinajstić information content (AvgIpc) is 2.91. The third-order valence-electron chi connectivity index (χ3n) is 5.02. The van der Waals surface area contributed by atoms with Crippen molar-refractivity contribution in [2.75, 3.05) is 37.6 Å². The molecule has 1 saturated heterocycles. The zero-order valence-electron chi connectivity index (χ0n) is 15.5. The van der Waals surface area contributed by atoms with Gasteiger partial charge in [-0.05, 0) is 50.6 Å². The number of hydrogen-bond acceptors (Lipinski definition) is 5. The Hall–Kier alpha value is -2.60. The summed E-state index contributed by atoms with van der Waals surface area (Å²) in [6, 6.07) is 7.19. The number of piperazine rings is 1. The van der Waals surface area contributed by atoms with Crippen molar-refractivity contribution in [3.05, 3.63) is 46.8 Å². The largest absolute Gasteiger partial charge is 0.508 e. The summed E-state index contributed by atoms with van der Waals surface area (Å²) in [6.45, 7) is 8.80. The fourth-order valence-corrected chi connectivity index (χ4v) is 3.67. The molecule has 2 aromatic rings. The van der Waals surface area contributed by atoms with Gasteiger partial charge in [-0.2, -0.15) is 0 Å². The first-order chi connectivity index (χ1) is 12.4. The van der Waals surface area contributed by atoms with E-state index in [9.17, 15) is 14.7 Å². The number of Topliss-reactive ketones (excluding diaryl/α,β-unsaturated/α-hetero) is 2. The number of carbonyl (C=O) groups is 2. The Morgan fingerprint density at radius 2 is 1.69 bits per heavy atom. The van der Waals surface area contributed by atoms with E-state index in [1.807, 2.05) is 26.0 Å². The lowest BCUT2D eigenvalue weighted by Gasteiger charge is -2.35. The molecule has 0 amide bonds. The SMILES string of the molecule is CC(=O)c1c(C)[nH]c(C(=O)CN2CCN(c3ccc(O)cc3)CC2)c1C. The van der Waals surface area contributed by atoms with E-state index >= 15 is 0 Å². The van der Waals surface area contributed by atoms with Crippen LogP contribution >= 0.6 is 0 Å². The molecule has 6 heteroatoms. The number of ketones is 2. The monoisotopic (exact) mass is 355 g/mol. The van der Waals surface area contributed by atoms with Crippen LogP contribution in [0.25, 0.3) is 0 Å². The van der Waals surface area contributed by atoms with Crippen LogP contribution in [0.5, 0.6) is 5.75 Å². The predicted octanol–water partition coefficient (Wildman–Crippen LogP) is 2.54. The van der Waals surface area contributed by atoms with Gasteiger partial charge in [-0.3, -0.25) is 14.5 Å². The van der Waals surface area contributed by atoms with Crippen LogP contribution in [0.1, 0.15) is 39.0 Å². The van der Waals surface area contributed by atoms with Crippen molar-refractivity contribution in [1.82, 2.24) is 9.88 Å². The maximum absolute atomic E-state index is 12.7. The summed E-state index contributed by atoms with van der Waals surface area (Å²) in [7, 11) is 0. The molecule has 1 aliphatic heterocycles. The molecule has 6 nitrogen and oxygen atoms in total. The first-order valence-corrected chi connectivity index (χ1v) is 8.86. The van der Waals surface area contributed by atoms with Crippen LogP contribution < -0.4 is 4.90 Å². The third kappa shape index (κ3) is 3.65. The molecule has 3 rings (SSSR count). The Kier molecular flexibility index (Phi) is 5.13. The van der Waals surface area contributed by atoms with Gasteiger partial charge < -0.3 is 15.0 Å².